The Hall–Kier alpha value is -0.200. The Morgan fingerprint density at radius 2 is 1.83 bits per heavy atom. The smallest absolute Gasteiger partial charge is 0.288 e. The van der Waals surface area contributed by atoms with Crippen molar-refractivity contribution in [2.24, 2.45) is 5.92 Å². The number of nitrogens with zero attached hydrogens (tertiary/aromatic N) is 1. The van der Waals surface area contributed by atoms with Crippen LogP contribution in [0.25, 0.3) is 0 Å². The highest BCUT2D eigenvalue weighted by atomic mass is 32.2. The number of amides is 1. The maximum absolute atomic E-state index is 12.3. The van der Waals surface area contributed by atoms with Crippen molar-refractivity contribution in [3.63, 3.8) is 0 Å². The molecule has 1 unspecified atom stereocenters. The van der Waals surface area contributed by atoms with Gasteiger partial charge in [0.1, 0.15) is 0 Å². The van der Waals surface area contributed by atoms with E-state index in [0.29, 0.717) is 12.8 Å². The van der Waals surface area contributed by atoms with E-state index in [1.165, 1.54) is 6.92 Å². The van der Waals surface area contributed by atoms with Crippen LogP contribution in [0.2, 0.25) is 0 Å². The number of quaternary nitrogens is 1. The van der Waals surface area contributed by atoms with E-state index in [4.69, 9.17) is 0 Å². The number of likely N-dealkylation sites (tertiary alicyclic amines) is 1. The van der Waals surface area contributed by atoms with E-state index in [9.17, 15) is 23.9 Å². The van der Waals surface area contributed by atoms with Gasteiger partial charge < -0.3 is 0 Å². The minimum Gasteiger partial charge on any atom is -0.288 e. The van der Waals surface area contributed by atoms with E-state index in [-0.39, 0.29) is 24.0 Å². The lowest BCUT2D eigenvalue weighted by atomic mass is 10.2. The van der Waals surface area contributed by atoms with Crippen molar-refractivity contribution in [1.29, 1.82) is 0 Å². The third-order valence-corrected chi connectivity index (χ3v) is 5.84. The average Bonchev–Trinajstić information content (AvgIpc) is 2.74. The average molecular weight is 296 g/mol. The molecule has 1 saturated heterocycles. The fourth-order valence-corrected chi connectivity index (χ4v) is 4.08. The molecule has 1 atom stereocenters. The van der Waals surface area contributed by atoms with E-state index in [2.05, 4.69) is 0 Å². The zero-order valence-corrected chi connectivity index (χ0v) is 12.2. The molecule has 0 bridgehead atoms. The Morgan fingerprint density at radius 1 is 1.33 bits per heavy atom. The molecule has 1 rings (SSSR count). The van der Waals surface area contributed by atoms with Gasteiger partial charge in [0.15, 0.2) is 5.12 Å². The van der Waals surface area contributed by atoms with Crippen molar-refractivity contribution in [3.05, 3.63) is 0 Å². The first-order chi connectivity index (χ1) is 8.21. The molecule has 8 heteroatoms. The van der Waals surface area contributed by atoms with Crippen LogP contribution < -0.4 is 0 Å². The maximum Gasteiger partial charge on any atom is 0.533 e. The van der Waals surface area contributed by atoms with Gasteiger partial charge in [0.25, 0.3) is 0 Å². The van der Waals surface area contributed by atoms with Crippen molar-refractivity contribution >= 4 is 30.5 Å². The molecule has 1 heterocycles. The molecule has 0 aromatic carbocycles. The second kappa shape index (κ2) is 5.84. The van der Waals surface area contributed by atoms with Gasteiger partial charge in [-0.2, -0.15) is 4.25 Å². The van der Waals surface area contributed by atoms with Crippen LogP contribution in [-0.2, 0) is 14.2 Å². The molecule has 1 aliphatic rings. The maximum atomic E-state index is 12.3. The van der Waals surface area contributed by atoms with Gasteiger partial charge in [0.05, 0.1) is 19.0 Å². The summed E-state index contributed by atoms with van der Waals surface area (Å²) < 4.78 is 10.9. The molecule has 1 fully saturated rings. The first-order valence-electron chi connectivity index (χ1n) is 5.81. The Bertz CT molecular complexity index is 388. The van der Waals surface area contributed by atoms with Gasteiger partial charge in [-0.15, -0.1) is 0 Å². The summed E-state index contributed by atoms with van der Waals surface area (Å²) in [5, 5.41) is -0.0983. The summed E-state index contributed by atoms with van der Waals surface area (Å²) in [6.07, 6.45) is 1.28. The minimum absolute atomic E-state index is 0.0983. The summed E-state index contributed by atoms with van der Waals surface area (Å²) in [4.78, 5) is 42.1. The minimum atomic E-state index is -4.51. The van der Waals surface area contributed by atoms with E-state index in [1.807, 2.05) is 0 Å². The quantitative estimate of drug-likeness (QED) is 0.756. The SMILES string of the molecule is CC(=O)SCC(C)C(=O)[N+]1(P(=O)(O)O)CCCC1. The molecule has 6 nitrogen and oxygen atoms in total. The number of thioether (sulfide) groups is 1. The molecule has 1 aliphatic heterocycles. The normalized spacial score (nSPS) is 20.7. The van der Waals surface area contributed by atoms with Gasteiger partial charge in [-0.3, -0.25) is 14.6 Å². The van der Waals surface area contributed by atoms with E-state index >= 15 is 0 Å². The summed E-state index contributed by atoms with van der Waals surface area (Å²) in [6.45, 7) is 3.41. The Labute approximate surface area is 111 Å². The highest BCUT2D eigenvalue weighted by Gasteiger charge is 2.55. The van der Waals surface area contributed by atoms with Crippen molar-refractivity contribution in [3.8, 4) is 0 Å². The Kier molecular flexibility index (Phi) is 5.14. The lowest BCUT2D eigenvalue weighted by Gasteiger charge is -2.32. The van der Waals surface area contributed by atoms with Gasteiger partial charge in [-0.05, 0) is 6.92 Å². The molecular weight excluding hydrogens is 277 g/mol. The second-order valence-corrected chi connectivity index (χ2v) is 7.62. The van der Waals surface area contributed by atoms with E-state index in [0.717, 1.165) is 11.8 Å². The third-order valence-electron chi connectivity index (χ3n) is 3.17. The highest BCUT2D eigenvalue weighted by Crippen LogP contribution is 2.52. The van der Waals surface area contributed by atoms with Crippen molar-refractivity contribution < 1.29 is 28.2 Å². The van der Waals surface area contributed by atoms with Gasteiger partial charge in [0, 0.05) is 25.5 Å². The number of carbonyl (C=O) groups excluding carboxylic acids is 2. The van der Waals surface area contributed by atoms with Crippen LogP contribution in [0.1, 0.15) is 26.7 Å². The van der Waals surface area contributed by atoms with Crippen LogP contribution in [0.15, 0.2) is 0 Å². The largest absolute Gasteiger partial charge is 0.533 e. The van der Waals surface area contributed by atoms with Crippen LogP contribution in [0.5, 0.6) is 0 Å². The number of rotatable bonds is 4. The summed E-state index contributed by atoms with van der Waals surface area (Å²) in [5.41, 5.74) is 0. The lowest BCUT2D eigenvalue weighted by Crippen LogP contribution is -2.50. The monoisotopic (exact) mass is 296 g/mol. The van der Waals surface area contributed by atoms with Crippen molar-refractivity contribution in [1.82, 2.24) is 0 Å². The Morgan fingerprint density at radius 3 is 2.22 bits per heavy atom. The lowest BCUT2D eigenvalue weighted by molar-refractivity contribution is -0.734. The first kappa shape index (κ1) is 15.9. The van der Waals surface area contributed by atoms with Gasteiger partial charge in [-0.1, -0.05) is 11.8 Å². The fraction of sp³-hybridized carbons (Fsp3) is 0.800. The van der Waals surface area contributed by atoms with Crippen molar-refractivity contribution in [2.45, 2.75) is 26.7 Å². The van der Waals surface area contributed by atoms with E-state index < -0.39 is 23.8 Å². The predicted octanol–water partition coefficient (Wildman–Crippen LogP) is 1.13. The number of hydrogen-bond donors (Lipinski definition) is 2. The molecule has 0 spiro atoms. The van der Waals surface area contributed by atoms with Crippen LogP contribution >= 0.6 is 19.5 Å². The van der Waals surface area contributed by atoms with Crippen LogP contribution in [0.4, 0.5) is 0 Å². The second-order valence-electron chi connectivity index (χ2n) is 4.63. The van der Waals surface area contributed by atoms with Crippen LogP contribution in [0, 0.1) is 5.92 Å². The molecule has 0 aliphatic carbocycles. The summed E-state index contributed by atoms with van der Waals surface area (Å²) in [6, 6.07) is 0. The zero-order chi connectivity index (χ0) is 14.0. The molecule has 0 aromatic rings. The van der Waals surface area contributed by atoms with Gasteiger partial charge in [-0.25, -0.2) is 9.36 Å². The standard InChI is InChI=1S/C10H18NO5PS/c1-8(7-18-9(2)12)10(13)11(17(14,15)16)5-3-4-6-11/h8H,3-7H2,1-2H3,(H-,14,15,16)/p+1. The molecule has 1 amide bonds. The number of carbonyl (C=O) groups is 2. The molecule has 0 radical (unpaired) electrons. The Balaban J connectivity index is 2.84. The topological polar surface area (TPSA) is 91.7 Å². The number of hydrogen-bond acceptors (Lipinski definition) is 4. The fourth-order valence-electron chi connectivity index (χ4n) is 2.19. The van der Waals surface area contributed by atoms with Crippen molar-refractivity contribution in [2.75, 3.05) is 18.8 Å². The van der Waals surface area contributed by atoms with Crippen LogP contribution in [0.3, 0.4) is 0 Å². The zero-order valence-electron chi connectivity index (χ0n) is 10.5. The summed E-state index contributed by atoms with van der Waals surface area (Å²) >= 11 is 1.01. The highest BCUT2D eigenvalue weighted by molar-refractivity contribution is 8.13. The molecule has 2 N–H and O–H groups in total. The van der Waals surface area contributed by atoms with E-state index in [1.54, 1.807) is 6.92 Å². The molecular formula is C10H19NO5PS+. The molecule has 0 saturated carbocycles. The molecule has 0 aromatic heterocycles. The molecule has 104 valence electrons. The predicted molar refractivity (Wildman–Crippen MR) is 68.6 cm³/mol. The summed E-state index contributed by atoms with van der Waals surface area (Å²) in [7, 11) is -4.51. The first-order valence-corrected chi connectivity index (χ1v) is 8.36. The third kappa shape index (κ3) is 3.22. The van der Waals surface area contributed by atoms with Crippen LogP contribution in [-0.4, -0.2) is 43.9 Å². The molecule has 18 heavy (non-hydrogen) atoms. The van der Waals surface area contributed by atoms with Gasteiger partial charge in [0.2, 0.25) is 0 Å². The summed E-state index contributed by atoms with van der Waals surface area (Å²) in [5.74, 6) is -0.715. The van der Waals surface area contributed by atoms with Gasteiger partial charge >= 0.3 is 13.7 Å².